The highest BCUT2D eigenvalue weighted by Crippen LogP contribution is 2.45. The van der Waals surface area contributed by atoms with E-state index in [1.807, 2.05) is 0 Å². The molecule has 2 fully saturated rings. The van der Waals surface area contributed by atoms with Gasteiger partial charge in [0, 0.05) is 18.3 Å². The summed E-state index contributed by atoms with van der Waals surface area (Å²) in [4.78, 5) is 0. The lowest BCUT2D eigenvalue weighted by Crippen LogP contribution is -2.54. The number of ether oxygens (including phenoxy) is 2. The van der Waals surface area contributed by atoms with Gasteiger partial charge in [-0.25, -0.2) is 0 Å². The van der Waals surface area contributed by atoms with E-state index in [4.69, 9.17) is 9.47 Å². The molecule has 0 amide bonds. The third kappa shape index (κ3) is 2.39. The van der Waals surface area contributed by atoms with Gasteiger partial charge < -0.3 is 9.47 Å². The molecule has 0 bridgehead atoms. The van der Waals surface area contributed by atoms with Crippen LogP contribution < -0.4 is 0 Å². The van der Waals surface area contributed by atoms with Gasteiger partial charge in [-0.1, -0.05) is 34.1 Å². The standard InChI is InChI=1S/C15H28O2/c1-12(2)14(13(3)4)10-16-15(17-11-14)8-6-5-7-9-15/h12-13H,5-11H2,1-4H3. The first kappa shape index (κ1) is 13.4. The van der Waals surface area contributed by atoms with Crippen LogP contribution in [-0.4, -0.2) is 19.0 Å². The van der Waals surface area contributed by atoms with Gasteiger partial charge in [-0.15, -0.1) is 0 Å². The van der Waals surface area contributed by atoms with E-state index >= 15 is 0 Å². The summed E-state index contributed by atoms with van der Waals surface area (Å²) in [5, 5.41) is 0. The van der Waals surface area contributed by atoms with Crippen LogP contribution in [-0.2, 0) is 9.47 Å². The molecule has 0 aromatic rings. The van der Waals surface area contributed by atoms with Crippen molar-refractivity contribution >= 4 is 0 Å². The highest BCUT2D eigenvalue weighted by molar-refractivity contribution is 4.91. The predicted octanol–water partition coefficient (Wildman–Crippen LogP) is 3.99. The molecule has 0 N–H and O–H groups in total. The fraction of sp³-hybridized carbons (Fsp3) is 1.00. The Morgan fingerprint density at radius 1 is 0.765 bits per heavy atom. The van der Waals surface area contributed by atoms with Crippen LogP contribution in [0.15, 0.2) is 0 Å². The molecule has 2 heteroatoms. The molecule has 2 rings (SSSR count). The van der Waals surface area contributed by atoms with E-state index in [-0.39, 0.29) is 11.2 Å². The summed E-state index contributed by atoms with van der Waals surface area (Å²) in [5.74, 6) is 1.01. The molecule has 0 aromatic carbocycles. The minimum absolute atomic E-state index is 0.211. The van der Waals surface area contributed by atoms with Crippen molar-refractivity contribution < 1.29 is 9.47 Å². The van der Waals surface area contributed by atoms with Crippen LogP contribution in [0.3, 0.4) is 0 Å². The maximum atomic E-state index is 6.22. The molecule has 1 saturated carbocycles. The van der Waals surface area contributed by atoms with Crippen molar-refractivity contribution in [1.82, 2.24) is 0 Å². The highest BCUT2D eigenvalue weighted by Gasteiger charge is 2.48. The van der Waals surface area contributed by atoms with E-state index in [0.29, 0.717) is 11.8 Å². The van der Waals surface area contributed by atoms with Crippen LogP contribution in [0.1, 0.15) is 59.8 Å². The molecule has 0 atom stereocenters. The highest BCUT2D eigenvalue weighted by atomic mass is 16.7. The van der Waals surface area contributed by atoms with Gasteiger partial charge in [0.05, 0.1) is 13.2 Å². The van der Waals surface area contributed by atoms with Gasteiger partial charge in [-0.3, -0.25) is 0 Å². The Balaban J connectivity index is 2.04. The van der Waals surface area contributed by atoms with Crippen molar-refractivity contribution in [3.05, 3.63) is 0 Å². The molecule has 0 aromatic heterocycles. The third-order valence-electron chi connectivity index (χ3n) is 5.12. The second kappa shape index (κ2) is 4.89. The topological polar surface area (TPSA) is 18.5 Å². The third-order valence-corrected chi connectivity index (χ3v) is 5.12. The Kier molecular flexibility index (Phi) is 3.84. The summed E-state index contributed by atoms with van der Waals surface area (Å²) in [6.07, 6.45) is 6.05. The van der Waals surface area contributed by atoms with Gasteiger partial charge in [0.25, 0.3) is 0 Å². The van der Waals surface area contributed by atoms with E-state index in [2.05, 4.69) is 27.7 Å². The van der Waals surface area contributed by atoms with Crippen LogP contribution in [0.2, 0.25) is 0 Å². The Morgan fingerprint density at radius 2 is 1.24 bits per heavy atom. The van der Waals surface area contributed by atoms with Crippen LogP contribution in [0, 0.1) is 17.3 Å². The summed E-state index contributed by atoms with van der Waals surface area (Å²) in [6, 6.07) is 0. The Labute approximate surface area is 106 Å². The molecule has 1 spiro atoms. The lowest BCUT2D eigenvalue weighted by Gasteiger charge is -2.51. The Hall–Kier alpha value is -0.0800. The summed E-state index contributed by atoms with van der Waals surface area (Å²) in [7, 11) is 0. The van der Waals surface area contributed by atoms with Crippen molar-refractivity contribution in [1.29, 1.82) is 0 Å². The minimum atomic E-state index is -0.217. The van der Waals surface area contributed by atoms with Crippen LogP contribution >= 0.6 is 0 Å². The van der Waals surface area contributed by atoms with Crippen molar-refractivity contribution in [2.24, 2.45) is 17.3 Å². The molecule has 1 aliphatic carbocycles. The van der Waals surface area contributed by atoms with Crippen molar-refractivity contribution in [3.63, 3.8) is 0 Å². The van der Waals surface area contributed by atoms with E-state index in [1.165, 1.54) is 19.3 Å². The molecule has 100 valence electrons. The van der Waals surface area contributed by atoms with Crippen LogP contribution in [0.5, 0.6) is 0 Å². The second-order valence-electron chi connectivity index (χ2n) is 6.59. The molecule has 0 unspecified atom stereocenters. The molecule has 1 heterocycles. The maximum absolute atomic E-state index is 6.22. The molecular weight excluding hydrogens is 212 g/mol. The zero-order valence-corrected chi connectivity index (χ0v) is 11.9. The normalized spacial score (nSPS) is 27.9. The fourth-order valence-electron chi connectivity index (χ4n) is 3.33. The van der Waals surface area contributed by atoms with Crippen molar-refractivity contribution in [2.75, 3.05) is 13.2 Å². The minimum Gasteiger partial charge on any atom is -0.349 e. The quantitative estimate of drug-likeness (QED) is 0.726. The van der Waals surface area contributed by atoms with E-state index in [1.54, 1.807) is 0 Å². The summed E-state index contributed by atoms with van der Waals surface area (Å²) in [5.41, 5.74) is 0.211. The molecular formula is C15H28O2. The molecule has 2 aliphatic rings. The Bertz CT molecular complexity index is 232. The average Bonchev–Trinajstić information content (AvgIpc) is 2.30. The monoisotopic (exact) mass is 240 g/mol. The van der Waals surface area contributed by atoms with Gasteiger partial charge in [0.1, 0.15) is 0 Å². The first-order valence-electron chi connectivity index (χ1n) is 7.29. The maximum Gasteiger partial charge on any atom is 0.168 e. The molecule has 0 radical (unpaired) electrons. The zero-order chi connectivity index (χ0) is 12.5. The smallest absolute Gasteiger partial charge is 0.168 e. The van der Waals surface area contributed by atoms with E-state index < -0.39 is 0 Å². The predicted molar refractivity (Wildman–Crippen MR) is 69.8 cm³/mol. The number of hydrogen-bond donors (Lipinski definition) is 0. The van der Waals surface area contributed by atoms with Gasteiger partial charge in [0.15, 0.2) is 5.79 Å². The molecule has 1 aliphatic heterocycles. The lowest BCUT2D eigenvalue weighted by atomic mass is 9.69. The number of rotatable bonds is 2. The van der Waals surface area contributed by atoms with Gasteiger partial charge in [-0.2, -0.15) is 0 Å². The lowest BCUT2D eigenvalue weighted by molar-refractivity contribution is -0.327. The van der Waals surface area contributed by atoms with Crippen molar-refractivity contribution in [3.8, 4) is 0 Å². The fourth-order valence-corrected chi connectivity index (χ4v) is 3.33. The molecule has 1 saturated heterocycles. The van der Waals surface area contributed by atoms with E-state index in [9.17, 15) is 0 Å². The first-order valence-corrected chi connectivity index (χ1v) is 7.29. The zero-order valence-electron chi connectivity index (χ0n) is 11.9. The number of hydrogen-bond acceptors (Lipinski definition) is 2. The summed E-state index contributed by atoms with van der Waals surface area (Å²) < 4.78 is 12.4. The largest absolute Gasteiger partial charge is 0.349 e. The summed E-state index contributed by atoms with van der Waals surface area (Å²) in [6.45, 7) is 10.9. The van der Waals surface area contributed by atoms with Gasteiger partial charge in [0.2, 0.25) is 0 Å². The summed E-state index contributed by atoms with van der Waals surface area (Å²) >= 11 is 0. The van der Waals surface area contributed by atoms with Crippen LogP contribution in [0.25, 0.3) is 0 Å². The Morgan fingerprint density at radius 3 is 1.65 bits per heavy atom. The van der Waals surface area contributed by atoms with Gasteiger partial charge >= 0.3 is 0 Å². The van der Waals surface area contributed by atoms with Gasteiger partial charge in [-0.05, 0) is 24.7 Å². The first-order chi connectivity index (χ1) is 8.01. The molecule has 2 nitrogen and oxygen atoms in total. The van der Waals surface area contributed by atoms with Crippen molar-refractivity contribution in [2.45, 2.75) is 65.6 Å². The molecule has 17 heavy (non-hydrogen) atoms. The SMILES string of the molecule is CC(C)C1(C(C)C)COC2(CCCCC2)OC1. The van der Waals surface area contributed by atoms with E-state index in [0.717, 1.165) is 26.1 Å². The second-order valence-corrected chi connectivity index (χ2v) is 6.59. The average molecular weight is 240 g/mol. The van der Waals surface area contributed by atoms with Crippen LogP contribution in [0.4, 0.5) is 0 Å².